The Morgan fingerprint density at radius 2 is 1.96 bits per heavy atom. The molecule has 0 aliphatic carbocycles. The molecule has 4 rings (SSSR count). The number of likely N-dealkylation sites (tertiary alicyclic amines) is 1. The van der Waals surface area contributed by atoms with Crippen molar-refractivity contribution in [3.63, 3.8) is 0 Å². The van der Waals surface area contributed by atoms with Crippen LogP contribution in [0.4, 0.5) is 0 Å². The molecule has 1 saturated heterocycles. The molecule has 0 saturated carbocycles. The first-order valence-corrected chi connectivity index (χ1v) is 9.61. The summed E-state index contributed by atoms with van der Waals surface area (Å²) >= 11 is 0. The largest absolute Gasteiger partial charge is 0.497 e. The van der Waals surface area contributed by atoms with Crippen LogP contribution in [0.5, 0.6) is 5.75 Å². The molecular weight excluding hydrogens is 328 g/mol. The minimum absolute atomic E-state index is 0.0763. The van der Waals surface area contributed by atoms with Gasteiger partial charge in [0.05, 0.1) is 13.7 Å². The van der Waals surface area contributed by atoms with Crippen molar-refractivity contribution in [1.82, 2.24) is 19.7 Å². The molecule has 0 amide bonds. The summed E-state index contributed by atoms with van der Waals surface area (Å²) in [7, 11) is 1.66. The highest BCUT2D eigenvalue weighted by Gasteiger charge is 2.41. The van der Waals surface area contributed by atoms with Crippen LogP contribution < -0.4 is 4.74 Å². The number of ether oxygens (including phenoxy) is 1. The lowest BCUT2D eigenvalue weighted by Gasteiger charge is -2.37. The lowest BCUT2D eigenvalue weighted by atomic mass is 9.86. The van der Waals surface area contributed by atoms with Crippen LogP contribution in [0.2, 0.25) is 0 Å². The molecular formula is C20H28N4O2. The molecule has 0 spiro atoms. The monoisotopic (exact) mass is 356 g/mol. The second-order valence-corrected chi connectivity index (χ2v) is 7.65. The quantitative estimate of drug-likeness (QED) is 0.892. The Bertz CT molecular complexity index is 754. The Balaban J connectivity index is 1.54. The SMILES string of the molecule is COc1ccc(C(C)(O)C2CCCN2Cc2nnc3n2CCCC3)cc1. The molecule has 1 N–H and O–H groups in total. The van der Waals surface area contributed by atoms with Crippen LogP contribution in [0.25, 0.3) is 0 Å². The Kier molecular flexibility index (Phi) is 4.71. The highest BCUT2D eigenvalue weighted by molar-refractivity contribution is 5.31. The predicted octanol–water partition coefficient (Wildman–Crippen LogP) is 2.50. The number of fused-ring (bicyclic) bond motifs is 1. The summed E-state index contributed by atoms with van der Waals surface area (Å²) in [5.41, 5.74) is 0.0199. The number of benzene rings is 1. The lowest BCUT2D eigenvalue weighted by molar-refractivity contribution is -0.0264. The van der Waals surface area contributed by atoms with Crippen molar-refractivity contribution in [3.8, 4) is 5.75 Å². The fraction of sp³-hybridized carbons (Fsp3) is 0.600. The molecule has 3 heterocycles. The number of rotatable bonds is 5. The number of aliphatic hydroxyl groups is 1. The normalized spacial score (nSPS) is 22.8. The van der Waals surface area contributed by atoms with Gasteiger partial charge in [-0.1, -0.05) is 12.1 Å². The summed E-state index contributed by atoms with van der Waals surface area (Å²) in [5, 5.41) is 20.2. The van der Waals surface area contributed by atoms with Crippen molar-refractivity contribution in [3.05, 3.63) is 41.5 Å². The van der Waals surface area contributed by atoms with E-state index in [4.69, 9.17) is 4.74 Å². The van der Waals surface area contributed by atoms with Crippen molar-refractivity contribution in [2.75, 3.05) is 13.7 Å². The van der Waals surface area contributed by atoms with E-state index in [9.17, 15) is 5.11 Å². The number of methoxy groups -OCH3 is 1. The molecule has 2 aromatic rings. The zero-order valence-corrected chi connectivity index (χ0v) is 15.7. The highest BCUT2D eigenvalue weighted by atomic mass is 16.5. The van der Waals surface area contributed by atoms with Crippen LogP contribution in [0.1, 0.15) is 49.8 Å². The standard InChI is InChI=1S/C20H28N4O2/c1-20(25,15-8-10-16(26-2)11-9-15)17-6-5-12-23(17)14-19-22-21-18-7-3-4-13-24(18)19/h8-11,17,25H,3-7,12-14H2,1-2H3. The predicted molar refractivity (Wildman–Crippen MR) is 99.0 cm³/mol. The first-order chi connectivity index (χ1) is 12.6. The summed E-state index contributed by atoms with van der Waals surface area (Å²) in [4.78, 5) is 2.37. The van der Waals surface area contributed by atoms with E-state index in [0.29, 0.717) is 0 Å². The summed E-state index contributed by atoms with van der Waals surface area (Å²) in [6.45, 7) is 4.69. The van der Waals surface area contributed by atoms with Gasteiger partial charge in [0.2, 0.25) is 0 Å². The first-order valence-electron chi connectivity index (χ1n) is 9.61. The molecule has 1 aromatic carbocycles. The van der Waals surface area contributed by atoms with E-state index in [0.717, 1.165) is 61.9 Å². The van der Waals surface area contributed by atoms with Crippen LogP contribution in [-0.2, 0) is 25.1 Å². The Hall–Kier alpha value is -1.92. The molecule has 140 valence electrons. The van der Waals surface area contributed by atoms with Crippen molar-refractivity contribution in [2.45, 2.75) is 63.8 Å². The van der Waals surface area contributed by atoms with E-state index >= 15 is 0 Å². The van der Waals surface area contributed by atoms with E-state index in [1.807, 2.05) is 31.2 Å². The van der Waals surface area contributed by atoms with E-state index in [2.05, 4.69) is 19.7 Å². The summed E-state index contributed by atoms with van der Waals surface area (Å²) in [6, 6.07) is 7.84. The average Bonchev–Trinajstić information content (AvgIpc) is 3.30. The Morgan fingerprint density at radius 1 is 1.15 bits per heavy atom. The zero-order valence-electron chi connectivity index (χ0n) is 15.7. The second-order valence-electron chi connectivity index (χ2n) is 7.65. The second kappa shape index (κ2) is 7.00. The maximum atomic E-state index is 11.4. The van der Waals surface area contributed by atoms with Crippen LogP contribution in [0.15, 0.2) is 24.3 Å². The van der Waals surface area contributed by atoms with Crippen LogP contribution in [-0.4, -0.2) is 44.5 Å². The summed E-state index contributed by atoms with van der Waals surface area (Å²) in [6.07, 6.45) is 5.51. The fourth-order valence-corrected chi connectivity index (χ4v) is 4.44. The molecule has 0 bridgehead atoms. The van der Waals surface area contributed by atoms with Crippen LogP contribution in [0, 0.1) is 0 Å². The van der Waals surface area contributed by atoms with Gasteiger partial charge in [-0.3, -0.25) is 4.90 Å². The van der Waals surface area contributed by atoms with Crippen molar-refractivity contribution in [2.24, 2.45) is 0 Å². The van der Waals surface area contributed by atoms with Gasteiger partial charge in [0.15, 0.2) is 0 Å². The average molecular weight is 356 g/mol. The molecule has 1 fully saturated rings. The third-order valence-electron chi connectivity index (χ3n) is 5.97. The number of hydrogen-bond donors (Lipinski definition) is 1. The molecule has 2 atom stereocenters. The van der Waals surface area contributed by atoms with Gasteiger partial charge in [0.25, 0.3) is 0 Å². The number of nitrogens with zero attached hydrogens (tertiary/aromatic N) is 4. The number of hydrogen-bond acceptors (Lipinski definition) is 5. The van der Waals surface area contributed by atoms with Crippen molar-refractivity contribution >= 4 is 0 Å². The zero-order chi connectivity index (χ0) is 18.1. The molecule has 6 nitrogen and oxygen atoms in total. The molecule has 0 radical (unpaired) electrons. The third-order valence-corrected chi connectivity index (χ3v) is 5.97. The number of aromatic nitrogens is 3. The lowest BCUT2D eigenvalue weighted by Crippen LogP contribution is -2.45. The molecule has 2 aliphatic heterocycles. The maximum Gasteiger partial charge on any atom is 0.147 e. The molecule has 6 heteroatoms. The van der Waals surface area contributed by atoms with Gasteiger partial charge in [-0.25, -0.2) is 0 Å². The minimum Gasteiger partial charge on any atom is -0.497 e. The van der Waals surface area contributed by atoms with Gasteiger partial charge in [-0.2, -0.15) is 0 Å². The van der Waals surface area contributed by atoms with Crippen molar-refractivity contribution in [1.29, 1.82) is 0 Å². The smallest absolute Gasteiger partial charge is 0.147 e. The van der Waals surface area contributed by atoms with Crippen LogP contribution >= 0.6 is 0 Å². The molecule has 1 aromatic heterocycles. The maximum absolute atomic E-state index is 11.4. The van der Waals surface area contributed by atoms with E-state index in [1.165, 1.54) is 12.8 Å². The Morgan fingerprint density at radius 3 is 2.73 bits per heavy atom. The Labute approximate surface area is 154 Å². The fourth-order valence-electron chi connectivity index (χ4n) is 4.44. The van der Waals surface area contributed by atoms with Gasteiger partial charge < -0.3 is 14.4 Å². The van der Waals surface area contributed by atoms with Gasteiger partial charge in [0, 0.05) is 19.0 Å². The molecule has 26 heavy (non-hydrogen) atoms. The van der Waals surface area contributed by atoms with E-state index in [1.54, 1.807) is 7.11 Å². The van der Waals surface area contributed by atoms with Gasteiger partial charge >= 0.3 is 0 Å². The third kappa shape index (κ3) is 3.12. The van der Waals surface area contributed by atoms with Crippen molar-refractivity contribution < 1.29 is 9.84 Å². The van der Waals surface area contributed by atoms with Gasteiger partial charge in [-0.15, -0.1) is 10.2 Å². The first kappa shape index (κ1) is 17.5. The summed E-state index contributed by atoms with van der Waals surface area (Å²) < 4.78 is 7.52. The molecule has 2 unspecified atom stereocenters. The van der Waals surface area contributed by atoms with Crippen LogP contribution in [0.3, 0.4) is 0 Å². The topological polar surface area (TPSA) is 63.4 Å². The molecule has 2 aliphatic rings. The van der Waals surface area contributed by atoms with Gasteiger partial charge in [0.1, 0.15) is 23.0 Å². The van der Waals surface area contributed by atoms with Gasteiger partial charge in [-0.05, 0) is 56.8 Å². The highest BCUT2D eigenvalue weighted by Crippen LogP contribution is 2.36. The van der Waals surface area contributed by atoms with E-state index < -0.39 is 5.60 Å². The van der Waals surface area contributed by atoms with E-state index in [-0.39, 0.29) is 6.04 Å². The minimum atomic E-state index is -0.909. The number of aryl methyl sites for hydroxylation is 1. The summed E-state index contributed by atoms with van der Waals surface area (Å²) in [5.74, 6) is 2.96.